The number of ether oxygens (including phenoxy) is 1. The van der Waals surface area contributed by atoms with Gasteiger partial charge in [0.2, 0.25) is 5.91 Å². The molecule has 0 aromatic rings. The Labute approximate surface area is 85.0 Å². The van der Waals surface area contributed by atoms with Crippen molar-refractivity contribution >= 4 is 5.91 Å². The molecule has 2 N–H and O–H groups in total. The van der Waals surface area contributed by atoms with Gasteiger partial charge in [0, 0.05) is 6.08 Å². The van der Waals surface area contributed by atoms with E-state index < -0.39 is 0 Å². The minimum atomic E-state index is -0.244. The number of amides is 1. The summed E-state index contributed by atoms with van der Waals surface area (Å²) in [6, 6.07) is -0.200. The van der Waals surface area contributed by atoms with Gasteiger partial charge in [0.1, 0.15) is 0 Å². The molecule has 14 heavy (non-hydrogen) atoms. The molecule has 4 nitrogen and oxygen atoms in total. The molecule has 0 aliphatic carbocycles. The lowest BCUT2D eigenvalue weighted by atomic mass is 10.1. The van der Waals surface area contributed by atoms with Crippen LogP contribution in [0.5, 0.6) is 0 Å². The van der Waals surface area contributed by atoms with Gasteiger partial charge in [-0.25, -0.2) is 0 Å². The van der Waals surface area contributed by atoms with Crippen LogP contribution >= 0.6 is 0 Å². The zero-order valence-corrected chi connectivity index (χ0v) is 8.99. The molecule has 0 fully saturated rings. The number of aliphatic hydroxyl groups excluding tert-OH is 1. The molecular weight excluding hydrogens is 182 g/mol. The van der Waals surface area contributed by atoms with E-state index in [1.165, 1.54) is 12.3 Å². The second-order valence-corrected chi connectivity index (χ2v) is 3.30. The average Bonchev–Trinajstić information content (AvgIpc) is 2.14. The van der Waals surface area contributed by atoms with E-state index in [-0.39, 0.29) is 24.5 Å². The van der Waals surface area contributed by atoms with Crippen molar-refractivity contribution in [3.05, 3.63) is 12.3 Å². The first-order valence-electron chi connectivity index (χ1n) is 4.81. The summed E-state index contributed by atoms with van der Waals surface area (Å²) in [4.78, 5) is 11.2. The number of nitrogens with one attached hydrogen (secondary N) is 1. The molecule has 0 rings (SSSR count). The van der Waals surface area contributed by atoms with Gasteiger partial charge in [0.05, 0.1) is 25.5 Å². The Balaban J connectivity index is 3.90. The third kappa shape index (κ3) is 5.59. The fraction of sp³-hybridized carbons (Fsp3) is 0.700. The lowest BCUT2D eigenvalue weighted by molar-refractivity contribution is -0.117. The SMILES string of the molecule is CCO/C=C/C(=O)N[C@H](CO)C(C)C. The molecule has 0 heterocycles. The first-order valence-corrected chi connectivity index (χ1v) is 4.81. The molecule has 82 valence electrons. The van der Waals surface area contributed by atoms with E-state index in [1.807, 2.05) is 20.8 Å². The van der Waals surface area contributed by atoms with Gasteiger partial charge in [-0.1, -0.05) is 13.8 Å². The molecular formula is C10H19NO3. The summed E-state index contributed by atoms with van der Waals surface area (Å²) in [5.41, 5.74) is 0. The van der Waals surface area contributed by atoms with Crippen LogP contribution in [-0.2, 0) is 9.53 Å². The van der Waals surface area contributed by atoms with E-state index >= 15 is 0 Å². The Bertz CT molecular complexity index is 190. The van der Waals surface area contributed by atoms with E-state index in [0.717, 1.165) is 0 Å². The molecule has 0 aliphatic heterocycles. The van der Waals surface area contributed by atoms with Crippen LogP contribution in [-0.4, -0.2) is 30.3 Å². The Kier molecular flexibility index (Phi) is 6.84. The van der Waals surface area contributed by atoms with Gasteiger partial charge in [-0.15, -0.1) is 0 Å². The first-order chi connectivity index (χ1) is 6.61. The van der Waals surface area contributed by atoms with Crippen LogP contribution in [0.4, 0.5) is 0 Å². The number of aliphatic hydroxyl groups is 1. The van der Waals surface area contributed by atoms with Crippen LogP contribution in [0, 0.1) is 5.92 Å². The van der Waals surface area contributed by atoms with Gasteiger partial charge in [-0.3, -0.25) is 4.79 Å². The first kappa shape index (κ1) is 13.0. The van der Waals surface area contributed by atoms with Gasteiger partial charge < -0.3 is 15.2 Å². The van der Waals surface area contributed by atoms with Gasteiger partial charge >= 0.3 is 0 Å². The summed E-state index contributed by atoms with van der Waals surface area (Å²) in [7, 11) is 0. The second kappa shape index (κ2) is 7.38. The average molecular weight is 201 g/mol. The topological polar surface area (TPSA) is 58.6 Å². The molecule has 0 unspecified atom stereocenters. The molecule has 0 spiro atoms. The van der Waals surface area contributed by atoms with Gasteiger partial charge in [0.15, 0.2) is 0 Å². The monoisotopic (exact) mass is 201 g/mol. The Morgan fingerprint density at radius 2 is 2.21 bits per heavy atom. The fourth-order valence-corrected chi connectivity index (χ4v) is 0.860. The number of carbonyl (C=O) groups excluding carboxylic acids is 1. The fourth-order valence-electron chi connectivity index (χ4n) is 0.860. The molecule has 4 heteroatoms. The molecule has 1 amide bonds. The summed E-state index contributed by atoms with van der Waals surface area (Å²) < 4.78 is 4.88. The standard InChI is InChI=1S/C10H19NO3/c1-4-14-6-5-10(13)11-9(7-12)8(2)3/h5-6,8-9,12H,4,7H2,1-3H3,(H,11,13)/b6-5+/t9-/m1/s1. The van der Waals surface area contributed by atoms with Crippen molar-refractivity contribution in [1.82, 2.24) is 5.32 Å². The minimum Gasteiger partial charge on any atom is -0.501 e. The number of hydrogen-bond acceptors (Lipinski definition) is 3. The van der Waals surface area contributed by atoms with Gasteiger partial charge in [-0.05, 0) is 12.8 Å². The minimum absolute atomic E-state index is 0.0497. The lowest BCUT2D eigenvalue weighted by Gasteiger charge is -2.18. The zero-order valence-electron chi connectivity index (χ0n) is 8.99. The van der Waals surface area contributed by atoms with Crippen molar-refractivity contribution in [3.8, 4) is 0 Å². The molecule has 1 atom stereocenters. The van der Waals surface area contributed by atoms with Crippen LogP contribution in [0.3, 0.4) is 0 Å². The van der Waals surface area contributed by atoms with Crippen molar-refractivity contribution in [2.24, 2.45) is 5.92 Å². The van der Waals surface area contributed by atoms with Gasteiger partial charge in [0.25, 0.3) is 0 Å². The maximum Gasteiger partial charge on any atom is 0.247 e. The molecule has 0 aromatic heterocycles. The molecule has 0 saturated carbocycles. The van der Waals surface area contributed by atoms with Gasteiger partial charge in [-0.2, -0.15) is 0 Å². The van der Waals surface area contributed by atoms with Crippen LogP contribution in [0.25, 0.3) is 0 Å². The normalized spacial score (nSPS) is 13.2. The van der Waals surface area contributed by atoms with E-state index in [2.05, 4.69) is 5.32 Å². The van der Waals surface area contributed by atoms with Crippen molar-refractivity contribution in [2.75, 3.05) is 13.2 Å². The highest BCUT2D eigenvalue weighted by molar-refractivity contribution is 5.87. The van der Waals surface area contributed by atoms with Crippen LogP contribution in [0.15, 0.2) is 12.3 Å². The smallest absolute Gasteiger partial charge is 0.247 e. The third-order valence-corrected chi connectivity index (χ3v) is 1.81. The highest BCUT2D eigenvalue weighted by Crippen LogP contribution is 1.99. The van der Waals surface area contributed by atoms with E-state index in [1.54, 1.807) is 0 Å². The summed E-state index contributed by atoms with van der Waals surface area (Å²) in [6.07, 6.45) is 2.67. The highest BCUT2D eigenvalue weighted by atomic mass is 16.5. The van der Waals surface area contributed by atoms with E-state index in [4.69, 9.17) is 9.84 Å². The zero-order chi connectivity index (χ0) is 11.0. The molecule has 0 saturated heterocycles. The quantitative estimate of drug-likeness (QED) is 0.490. The summed E-state index contributed by atoms with van der Waals surface area (Å²) in [5, 5.41) is 11.6. The van der Waals surface area contributed by atoms with E-state index in [0.29, 0.717) is 6.61 Å². The van der Waals surface area contributed by atoms with Crippen molar-refractivity contribution < 1.29 is 14.6 Å². The van der Waals surface area contributed by atoms with Crippen LogP contribution < -0.4 is 5.32 Å². The Morgan fingerprint density at radius 1 is 1.57 bits per heavy atom. The second-order valence-electron chi connectivity index (χ2n) is 3.30. The van der Waals surface area contributed by atoms with E-state index in [9.17, 15) is 4.79 Å². The largest absolute Gasteiger partial charge is 0.501 e. The van der Waals surface area contributed by atoms with Crippen molar-refractivity contribution in [1.29, 1.82) is 0 Å². The number of rotatable bonds is 6. The molecule has 0 aliphatic rings. The van der Waals surface area contributed by atoms with Crippen LogP contribution in [0.1, 0.15) is 20.8 Å². The van der Waals surface area contributed by atoms with Crippen molar-refractivity contribution in [3.63, 3.8) is 0 Å². The van der Waals surface area contributed by atoms with Crippen molar-refractivity contribution in [2.45, 2.75) is 26.8 Å². The third-order valence-electron chi connectivity index (χ3n) is 1.81. The Hall–Kier alpha value is -1.03. The highest BCUT2D eigenvalue weighted by Gasteiger charge is 2.12. The van der Waals surface area contributed by atoms with Crippen LogP contribution in [0.2, 0.25) is 0 Å². The lowest BCUT2D eigenvalue weighted by Crippen LogP contribution is -2.40. The number of hydrogen-bond donors (Lipinski definition) is 2. The number of carbonyl (C=O) groups is 1. The molecule has 0 bridgehead atoms. The summed E-state index contributed by atoms with van der Waals surface area (Å²) in [5.74, 6) is -0.0318. The predicted molar refractivity (Wildman–Crippen MR) is 54.6 cm³/mol. The molecule has 0 aromatic carbocycles. The molecule has 0 radical (unpaired) electrons. The summed E-state index contributed by atoms with van der Waals surface area (Å²) >= 11 is 0. The Morgan fingerprint density at radius 3 is 2.64 bits per heavy atom. The predicted octanol–water partition coefficient (Wildman–Crippen LogP) is 0.670. The maximum atomic E-state index is 11.2. The summed E-state index contributed by atoms with van der Waals surface area (Å²) in [6.45, 7) is 6.21. The maximum absolute atomic E-state index is 11.2.